The van der Waals surface area contributed by atoms with Crippen LogP contribution in [0.1, 0.15) is 27.0 Å². The van der Waals surface area contributed by atoms with Crippen molar-refractivity contribution in [3.05, 3.63) is 113 Å². The lowest BCUT2D eigenvalue weighted by Gasteiger charge is -2.25. The van der Waals surface area contributed by atoms with Gasteiger partial charge >= 0.3 is 0 Å². The second-order valence-electron chi connectivity index (χ2n) is 8.88. The van der Waals surface area contributed by atoms with Gasteiger partial charge in [0.25, 0.3) is 5.91 Å². The normalized spacial score (nSPS) is 12.6. The molecule has 3 N–H and O–H groups in total. The van der Waals surface area contributed by atoms with E-state index in [4.69, 9.17) is 9.15 Å². The molecule has 0 unspecified atom stereocenters. The van der Waals surface area contributed by atoms with Crippen molar-refractivity contribution in [3.8, 4) is 17.1 Å². The summed E-state index contributed by atoms with van der Waals surface area (Å²) >= 11 is 0. The summed E-state index contributed by atoms with van der Waals surface area (Å²) in [6.07, 6.45) is 1.32. The molecule has 1 heterocycles. The van der Waals surface area contributed by atoms with Gasteiger partial charge in [-0.05, 0) is 72.5 Å². The van der Waals surface area contributed by atoms with Crippen molar-refractivity contribution in [1.82, 2.24) is 10.6 Å². The summed E-state index contributed by atoms with van der Waals surface area (Å²) in [6, 6.07) is 26.5. The number of aliphatic hydroxyl groups excluding tert-OH is 1. The molecule has 36 heavy (non-hydrogen) atoms. The number of nitrogens with one attached hydrogen (secondary N) is 2. The standard InChI is InChI=1S/C30H32N2O4/c1-21-14-24(29-12-7-13-36-29)18-25(15-21)30(34)32-27(17-22-8-4-3-5-9-22)28(33)20-31-19-23-10-6-11-26(16-23)35-2/h3-16,18,27-28,31,33H,17,19-20H2,1-2H3,(H,32,34)/t27-,28-/m0/s1. The number of amides is 1. The number of benzene rings is 3. The van der Waals surface area contributed by atoms with E-state index < -0.39 is 12.1 Å². The van der Waals surface area contributed by atoms with Gasteiger partial charge < -0.3 is 24.9 Å². The molecule has 4 aromatic rings. The van der Waals surface area contributed by atoms with Crippen LogP contribution in [-0.2, 0) is 13.0 Å². The van der Waals surface area contributed by atoms with Crippen LogP contribution in [0, 0.1) is 6.92 Å². The molecule has 0 aliphatic heterocycles. The first kappa shape index (κ1) is 25.2. The van der Waals surface area contributed by atoms with Crippen molar-refractivity contribution < 1.29 is 19.1 Å². The predicted molar refractivity (Wildman–Crippen MR) is 141 cm³/mol. The van der Waals surface area contributed by atoms with Gasteiger partial charge in [-0.15, -0.1) is 0 Å². The van der Waals surface area contributed by atoms with Gasteiger partial charge in [0.15, 0.2) is 0 Å². The van der Waals surface area contributed by atoms with E-state index in [-0.39, 0.29) is 5.91 Å². The maximum Gasteiger partial charge on any atom is 0.251 e. The Morgan fingerprint density at radius 1 is 0.972 bits per heavy atom. The molecule has 0 spiro atoms. The van der Waals surface area contributed by atoms with Crippen molar-refractivity contribution in [2.75, 3.05) is 13.7 Å². The van der Waals surface area contributed by atoms with E-state index in [9.17, 15) is 9.90 Å². The van der Waals surface area contributed by atoms with E-state index in [1.54, 1.807) is 13.4 Å². The fourth-order valence-electron chi connectivity index (χ4n) is 4.19. The van der Waals surface area contributed by atoms with Crippen LogP contribution in [0.3, 0.4) is 0 Å². The Morgan fingerprint density at radius 3 is 2.53 bits per heavy atom. The third kappa shape index (κ3) is 6.84. The average Bonchev–Trinajstić information content (AvgIpc) is 3.44. The molecule has 1 aromatic heterocycles. The van der Waals surface area contributed by atoms with E-state index in [1.165, 1.54) is 0 Å². The lowest BCUT2D eigenvalue weighted by molar-refractivity contribution is 0.0830. The molecule has 4 rings (SSSR count). The minimum Gasteiger partial charge on any atom is -0.497 e. The minimum absolute atomic E-state index is 0.237. The molecule has 186 valence electrons. The molecular formula is C30H32N2O4. The first-order chi connectivity index (χ1) is 17.5. The molecule has 0 radical (unpaired) electrons. The summed E-state index contributed by atoms with van der Waals surface area (Å²) < 4.78 is 10.8. The molecule has 1 amide bonds. The highest BCUT2D eigenvalue weighted by Gasteiger charge is 2.23. The summed E-state index contributed by atoms with van der Waals surface area (Å²) in [5.41, 5.74) is 4.40. The van der Waals surface area contributed by atoms with Crippen LogP contribution in [0.5, 0.6) is 5.75 Å². The topological polar surface area (TPSA) is 83.7 Å². The van der Waals surface area contributed by atoms with Gasteiger partial charge in [0.05, 0.1) is 25.5 Å². The SMILES string of the molecule is COc1cccc(CNC[C@H](O)[C@H](Cc2ccccc2)NC(=O)c2cc(C)cc(-c3ccco3)c2)c1. The molecule has 0 bridgehead atoms. The molecule has 0 fully saturated rings. The van der Waals surface area contributed by atoms with Gasteiger partial charge in [0.1, 0.15) is 11.5 Å². The first-order valence-electron chi connectivity index (χ1n) is 12.0. The Balaban J connectivity index is 1.46. The van der Waals surface area contributed by atoms with Crippen molar-refractivity contribution in [1.29, 1.82) is 0 Å². The van der Waals surface area contributed by atoms with Crippen LogP contribution < -0.4 is 15.4 Å². The number of ether oxygens (including phenoxy) is 1. The highest BCUT2D eigenvalue weighted by molar-refractivity contribution is 5.95. The Hall–Kier alpha value is -3.87. The maximum atomic E-state index is 13.3. The second kappa shape index (κ2) is 12.2. The zero-order chi connectivity index (χ0) is 25.3. The van der Waals surface area contributed by atoms with Crippen molar-refractivity contribution in [3.63, 3.8) is 0 Å². The molecule has 6 nitrogen and oxygen atoms in total. The Morgan fingerprint density at radius 2 is 1.78 bits per heavy atom. The van der Waals surface area contributed by atoms with Crippen molar-refractivity contribution >= 4 is 5.91 Å². The number of rotatable bonds is 11. The molecule has 3 aromatic carbocycles. The largest absolute Gasteiger partial charge is 0.497 e. The molecule has 0 aliphatic rings. The highest BCUT2D eigenvalue weighted by Crippen LogP contribution is 2.23. The predicted octanol–water partition coefficient (Wildman–Crippen LogP) is 4.76. The van der Waals surface area contributed by atoms with Crippen molar-refractivity contribution in [2.24, 2.45) is 0 Å². The summed E-state index contributed by atoms with van der Waals surface area (Å²) in [5, 5.41) is 17.5. The Bertz CT molecular complexity index is 1260. The summed E-state index contributed by atoms with van der Waals surface area (Å²) in [6.45, 7) is 2.84. The van der Waals surface area contributed by atoms with Crippen LogP contribution >= 0.6 is 0 Å². The zero-order valence-electron chi connectivity index (χ0n) is 20.6. The quantitative estimate of drug-likeness (QED) is 0.286. The molecule has 0 saturated carbocycles. The third-order valence-electron chi connectivity index (χ3n) is 6.04. The zero-order valence-corrected chi connectivity index (χ0v) is 20.6. The lowest BCUT2D eigenvalue weighted by atomic mass is 9.99. The van der Waals surface area contributed by atoms with E-state index in [0.29, 0.717) is 30.8 Å². The number of aliphatic hydroxyl groups is 1. The van der Waals surface area contributed by atoms with Crippen LogP contribution in [0.4, 0.5) is 0 Å². The number of hydrogen-bond donors (Lipinski definition) is 3. The van der Waals surface area contributed by atoms with Gasteiger partial charge in [-0.3, -0.25) is 4.79 Å². The molecule has 2 atom stereocenters. The highest BCUT2D eigenvalue weighted by atomic mass is 16.5. The molecular weight excluding hydrogens is 452 g/mol. The van der Waals surface area contributed by atoms with Crippen LogP contribution in [0.2, 0.25) is 0 Å². The fraction of sp³-hybridized carbons (Fsp3) is 0.233. The Kier molecular flexibility index (Phi) is 8.55. The summed E-state index contributed by atoms with van der Waals surface area (Å²) in [4.78, 5) is 13.3. The van der Waals surface area contributed by atoms with E-state index >= 15 is 0 Å². The number of aryl methyl sites for hydroxylation is 1. The van der Waals surface area contributed by atoms with Gasteiger partial charge in [-0.1, -0.05) is 42.5 Å². The molecule has 0 aliphatic carbocycles. The van der Waals surface area contributed by atoms with Gasteiger partial charge in [0, 0.05) is 24.2 Å². The van der Waals surface area contributed by atoms with Crippen LogP contribution in [0.25, 0.3) is 11.3 Å². The minimum atomic E-state index is -0.797. The average molecular weight is 485 g/mol. The first-order valence-corrected chi connectivity index (χ1v) is 12.0. The van der Waals surface area contributed by atoms with Crippen molar-refractivity contribution in [2.45, 2.75) is 32.0 Å². The molecule has 0 saturated heterocycles. The summed E-state index contributed by atoms with van der Waals surface area (Å²) in [5.74, 6) is 1.26. The van der Waals surface area contributed by atoms with Gasteiger partial charge in [-0.2, -0.15) is 0 Å². The number of carbonyl (C=O) groups excluding carboxylic acids is 1. The monoisotopic (exact) mass is 484 g/mol. The van der Waals surface area contributed by atoms with E-state index in [0.717, 1.165) is 28.0 Å². The number of methoxy groups -OCH3 is 1. The summed E-state index contributed by atoms with van der Waals surface area (Å²) in [7, 11) is 1.64. The van der Waals surface area contributed by atoms with E-state index in [2.05, 4.69) is 10.6 Å². The van der Waals surface area contributed by atoms with Gasteiger partial charge in [0.2, 0.25) is 0 Å². The number of furan rings is 1. The second-order valence-corrected chi connectivity index (χ2v) is 8.88. The third-order valence-corrected chi connectivity index (χ3v) is 6.04. The fourth-order valence-corrected chi connectivity index (χ4v) is 4.19. The number of hydrogen-bond acceptors (Lipinski definition) is 5. The van der Waals surface area contributed by atoms with Crippen LogP contribution in [0.15, 0.2) is 95.6 Å². The molecule has 6 heteroatoms. The van der Waals surface area contributed by atoms with Crippen LogP contribution in [-0.4, -0.2) is 36.8 Å². The lowest BCUT2D eigenvalue weighted by Crippen LogP contribution is -2.48. The Labute approximate surface area is 211 Å². The van der Waals surface area contributed by atoms with Gasteiger partial charge in [-0.25, -0.2) is 0 Å². The maximum absolute atomic E-state index is 13.3. The van der Waals surface area contributed by atoms with E-state index in [1.807, 2.05) is 91.9 Å². The number of carbonyl (C=O) groups is 1. The smallest absolute Gasteiger partial charge is 0.251 e.